The molecule has 0 heterocycles. The highest BCUT2D eigenvalue weighted by Crippen LogP contribution is 2.42. The van der Waals surface area contributed by atoms with Crippen molar-refractivity contribution in [2.75, 3.05) is 0 Å². The summed E-state index contributed by atoms with van der Waals surface area (Å²) < 4.78 is 0. The van der Waals surface area contributed by atoms with Crippen LogP contribution in [0.3, 0.4) is 0 Å². The van der Waals surface area contributed by atoms with Crippen molar-refractivity contribution < 1.29 is 10.2 Å². The Labute approximate surface area is 199 Å². The first kappa shape index (κ1) is 24.6. The topological polar surface area (TPSA) is 40.5 Å². The molecule has 3 rings (SSSR count). The van der Waals surface area contributed by atoms with Gasteiger partial charge in [0.05, 0.1) is 0 Å². The van der Waals surface area contributed by atoms with Crippen LogP contribution in [0.15, 0.2) is 71.3 Å². The van der Waals surface area contributed by atoms with E-state index in [1.165, 1.54) is 27.8 Å². The number of phenols is 2. The van der Waals surface area contributed by atoms with Gasteiger partial charge in [0.2, 0.25) is 0 Å². The Bertz CT molecular complexity index is 1220. The molecule has 3 aromatic carbocycles. The summed E-state index contributed by atoms with van der Waals surface area (Å²) in [6.45, 7) is 10.7. The van der Waals surface area contributed by atoms with Gasteiger partial charge >= 0.3 is 0 Å². The molecule has 0 aliphatic heterocycles. The monoisotopic (exact) mass is 442 g/mol. The lowest BCUT2D eigenvalue weighted by molar-refractivity contribution is 0.478. The highest BCUT2D eigenvalue weighted by atomic mass is 16.3. The highest BCUT2D eigenvalue weighted by Gasteiger charge is 2.14. The number of hydrogen-bond acceptors (Lipinski definition) is 2. The zero-order chi connectivity index (χ0) is 24.0. The molecule has 3 aromatic rings. The summed E-state index contributed by atoms with van der Waals surface area (Å²) in [7, 11) is 0. The van der Waals surface area contributed by atoms with Gasteiger partial charge in [-0.1, -0.05) is 59.2 Å². The number of phenolic OH excluding ortho intramolecular Hbond substituents is 2. The highest BCUT2D eigenvalue weighted by molar-refractivity contribution is 6.10. The summed E-state index contributed by atoms with van der Waals surface area (Å²) in [5.41, 5.74) is 6.44. The lowest BCUT2D eigenvalue weighted by Crippen LogP contribution is -1.89. The fraction of sp³-hybridized carbons (Fsp3) is 0.355. The SMILES string of the molecule is CC(C)=CCCC(C)=CCCc1ccc2c(O)c3ccc(CCC=C(C)C)cc3c(O)c2c1. The van der Waals surface area contributed by atoms with Crippen LogP contribution in [0.25, 0.3) is 21.5 Å². The van der Waals surface area contributed by atoms with Gasteiger partial charge in [-0.2, -0.15) is 0 Å². The van der Waals surface area contributed by atoms with E-state index in [4.69, 9.17) is 0 Å². The molecule has 174 valence electrons. The molecule has 0 spiro atoms. The molecule has 0 saturated heterocycles. The lowest BCUT2D eigenvalue weighted by Gasteiger charge is -2.12. The van der Waals surface area contributed by atoms with Crippen molar-refractivity contribution in [2.45, 2.75) is 73.1 Å². The van der Waals surface area contributed by atoms with Gasteiger partial charge < -0.3 is 10.2 Å². The Morgan fingerprint density at radius 3 is 1.58 bits per heavy atom. The number of aryl methyl sites for hydroxylation is 2. The molecule has 0 aromatic heterocycles. The van der Waals surface area contributed by atoms with E-state index in [1.807, 2.05) is 30.3 Å². The molecule has 0 saturated carbocycles. The Morgan fingerprint density at radius 2 is 1.06 bits per heavy atom. The fourth-order valence-corrected chi connectivity index (χ4v) is 4.29. The molecule has 0 fully saturated rings. The summed E-state index contributed by atoms with van der Waals surface area (Å²) in [6, 6.07) is 12.0. The van der Waals surface area contributed by atoms with Gasteiger partial charge in [-0.3, -0.25) is 0 Å². The first-order valence-corrected chi connectivity index (χ1v) is 12.1. The van der Waals surface area contributed by atoms with Crippen molar-refractivity contribution in [1.29, 1.82) is 0 Å². The van der Waals surface area contributed by atoms with E-state index in [0.29, 0.717) is 10.8 Å². The average Bonchev–Trinajstić information content (AvgIpc) is 2.77. The Morgan fingerprint density at radius 1 is 0.606 bits per heavy atom. The molecule has 2 nitrogen and oxygen atoms in total. The smallest absolute Gasteiger partial charge is 0.131 e. The summed E-state index contributed by atoms with van der Waals surface area (Å²) in [4.78, 5) is 0. The number of hydrogen-bond donors (Lipinski definition) is 2. The maximum absolute atomic E-state index is 11.1. The third-order valence-corrected chi connectivity index (χ3v) is 6.19. The summed E-state index contributed by atoms with van der Waals surface area (Å²) >= 11 is 0. The molecule has 33 heavy (non-hydrogen) atoms. The van der Waals surface area contributed by atoms with E-state index in [1.54, 1.807) is 0 Å². The molecule has 0 radical (unpaired) electrons. The quantitative estimate of drug-likeness (QED) is 0.197. The second kappa shape index (κ2) is 11.2. The zero-order valence-corrected chi connectivity index (χ0v) is 20.8. The Kier molecular flexibility index (Phi) is 8.38. The van der Waals surface area contributed by atoms with Gasteiger partial charge in [-0.05, 0) is 96.4 Å². The van der Waals surface area contributed by atoms with Crippen molar-refractivity contribution in [1.82, 2.24) is 0 Å². The van der Waals surface area contributed by atoms with Crippen molar-refractivity contribution >= 4 is 21.5 Å². The molecule has 2 N–H and O–H groups in total. The molecular weight excluding hydrogens is 404 g/mol. The van der Waals surface area contributed by atoms with Crippen LogP contribution in [0.2, 0.25) is 0 Å². The van der Waals surface area contributed by atoms with Crippen molar-refractivity contribution in [2.24, 2.45) is 0 Å². The lowest BCUT2D eigenvalue weighted by atomic mass is 9.95. The number of aromatic hydroxyl groups is 2. The molecule has 0 unspecified atom stereocenters. The van der Waals surface area contributed by atoms with Gasteiger partial charge in [0, 0.05) is 21.5 Å². The molecule has 2 heteroatoms. The first-order valence-electron chi connectivity index (χ1n) is 12.1. The third-order valence-electron chi connectivity index (χ3n) is 6.19. The van der Waals surface area contributed by atoms with Crippen LogP contribution in [0.5, 0.6) is 11.5 Å². The van der Waals surface area contributed by atoms with Crippen molar-refractivity contribution in [3.63, 3.8) is 0 Å². The second-order valence-electron chi connectivity index (χ2n) is 9.69. The summed E-state index contributed by atoms with van der Waals surface area (Å²) in [5, 5.41) is 24.9. The van der Waals surface area contributed by atoms with Crippen molar-refractivity contribution in [3.8, 4) is 11.5 Å². The van der Waals surface area contributed by atoms with E-state index in [-0.39, 0.29) is 11.5 Å². The second-order valence-corrected chi connectivity index (χ2v) is 9.69. The minimum Gasteiger partial charge on any atom is -0.507 e. The maximum Gasteiger partial charge on any atom is 0.131 e. The normalized spacial score (nSPS) is 11.7. The van der Waals surface area contributed by atoms with Crippen LogP contribution in [0.4, 0.5) is 0 Å². The van der Waals surface area contributed by atoms with Crippen LogP contribution in [0.1, 0.15) is 71.4 Å². The average molecular weight is 443 g/mol. The first-order chi connectivity index (χ1) is 15.8. The number of fused-ring (bicyclic) bond motifs is 2. The van der Waals surface area contributed by atoms with E-state index < -0.39 is 0 Å². The minimum absolute atomic E-state index is 0.246. The van der Waals surface area contributed by atoms with Gasteiger partial charge in [0.1, 0.15) is 11.5 Å². The molecule has 0 bridgehead atoms. The largest absolute Gasteiger partial charge is 0.507 e. The number of rotatable bonds is 9. The van der Waals surface area contributed by atoms with Crippen molar-refractivity contribution in [3.05, 3.63) is 82.5 Å². The van der Waals surface area contributed by atoms with E-state index in [2.05, 4.69) is 58.9 Å². The standard InChI is InChI=1S/C31H38O2/c1-21(2)9-6-11-23(5)12-8-14-25-16-18-27-29(20-25)31(33)28-19-24(13-7-10-22(3)4)15-17-26(28)30(27)32/h9-10,12,15-20,32-33H,6-8,11,13-14H2,1-5H3. The van der Waals surface area contributed by atoms with Gasteiger partial charge in [0.15, 0.2) is 0 Å². The van der Waals surface area contributed by atoms with Crippen LogP contribution >= 0.6 is 0 Å². The van der Waals surface area contributed by atoms with Crippen LogP contribution in [0, 0.1) is 0 Å². The summed E-state index contributed by atoms with van der Waals surface area (Å²) in [5.74, 6) is 0.507. The van der Waals surface area contributed by atoms with Gasteiger partial charge in [-0.25, -0.2) is 0 Å². The molecule has 0 amide bonds. The predicted molar refractivity (Wildman–Crippen MR) is 143 cm³/mol. The maximum atomic E-state index is 11.1. The van der Waals surface area contributed by atoms with Gasteiger partial charge in [0.25, 0.3) is 0 Å². The zero-order valence-electron chi connectivity index (χ0n) is 20.8. The number of allylic oxidation sites excluding steroid dienone is 6. The molecule has 0 aliphatic carbocycles. The van der Waals surface area contributed by atoms with E-state index in [9.17, 15) is 10.2 Å². The molecular formula is C31H38O2. The molecule has 0 atom stereocenters. The van der Waals surface area contributed by atoms with E-state index >= 15 is 0 Å². The van der Waals surface area contributed by atoms with Crippen LogP contribution in [-0.4, -0.2) is 10.2 Å². The van der Waals surface area contributed by atoms with Gasteiger partial charge in [-0.15, -0.1) is 0 Å². The predicted octanol–water partition coefficient (Wildman–Crippen LogP) is 8.93. The molecule has 0 aliphatic rings. The van der Waals surface area contributed by atoms with E-state index in [0.717, 1.165) is 49.3 Å². The minimum atomic E-state index is 0.246. The van der Waals surface area contributed by atoms with Crippen LogP contribution in [-0.2, 0) is 12.8 Å². The fourth-order valence-electron chi connectivity index (χ4n) is 4.29. The van der Waals surface area contributed by atoms with Crippen LogP contribution < -0.4 is 0 Å². The summed E-state index contributed by atoms with van der Waals surface area (Å²) in [6.07, 6.45) is 12.8. The Balaban J connectivity index is 1.83. The Hall–Kier alpha value is -3.00. The third kappa shape index (κ3) is 6.51. The number of benzene rings is 3.